The lowest BCUT2D eigenvalue weighted by atomic mass is 9.59. The van der Waals surface area contributed by atoms with Gasteiger partial charge in [-0.05, 0) is 27.7 Å². The van der Waals surface area contributed by atoms with Crippen LogP contribution < -0.4 is 0 Å². The van der Waals surface area contributed by atoms with Gasteiger partial charge in [0, 0.05) is 7.74 Å². The Kier molecular flexibility index (Phi) is 5.99. The van der Waals surface area contributed by atoms with Crippen molar-refractivity contribution in [2.75, 3.05) is 0 Å². The Morgan fingerprint density at radius 1 is 1.00 bits per heavy atom. The largest absolute Gasteiger partial charge is 0.387 e. The van der Waals surface area contributed by atoms with Gasteiger partial charge in [0.2, 0.25) is 0 Å². The molecular weight excluding hydrogens is 138 g/mol. The molecule has 0 aliphatic heterocycles. The summed E-state index contributed by atoms with van der Waals surface area (Å²) in [7, 11) is 6.22. The van der Waals surface area contributed by atoms with E-state index in [0.29, 0.717) is 0 Å². The van der Waals surface area contributed by atoms with E-state index in [-0.39, 0.29) is 0 Å². The minimum atomic E-state index is -1.01. The standard InChI is InChI=1S/C6H14O2.CH3B2/c1-5(2,7)6(3,4)8;1-3-2/h7-8H,1-4H3;1H3. The molecule has 11 heavy (non-hydrogen) atoms. The van der Waals surface area contributed by atoms with Crippen LogP contribution in [-0.2, 0) is 0 Å². The summed E-state index contributed by atoms with van der Waals surface area (Å²) in [6.07, 6.45) is 0. The first-order valence-electron chi connectivity index (χ1n) is 3.61. The number of hydrogen-bond acceptors (Lipinski definition) is 2. The Balaban J connectivity index is 0. The SMILES string of the molecule is CC(C)(O)C(C)(C)O.[B][B]C. The summed E-state index contributed by atoms with van der Waals surface area (Å²) in [4.78, 5) is 0. The van der Waals surface area contributed by atoms with E-state index in [1.807, 2.05) is 0 Å². The van der Waals surface area contributed by atoms with Crippen molar-refractivity contribution in [3.05, 3.63) is 0 Å². The molecule has 0 bridgehead atoms. The minimum Gasteiger partial charge on any atom is -0.387 e. The summed E-state index contributed by atoms with van der Waals surface area (Å²) >= 11 is 0. The van der Waals surface area contributed by atoms with Crippen molar-refractivity contribution in [3.63, 3.8) is 0 Å². The molecule has 0 aromatic heterocycles. The van der Waals surface area contributed by atoms with Crippen LogP contribution in [0.15, 0.2) is 0 Å². The molecular formula is C7H17B2O2. The zero-order valence-electron chi connectivity index (χ0n) is 8.05. The number of rotatable bonds is 1. The average Bonchev–Trinajstić information content (AvgIpc) is 1.60. The van der Waals surface area contributed by atoms with Crippen molar-refractivity contribution in [1.29, 1.82) is 0 Å². The van der Waals surface area contributed by atoms with Gasteiger partial charge in [-0.2, -0.15) is 0 Å². The van der Waals surface area contributed by atoms with E-state index in [2.05, 4.69) is 0 Å². The molecule has 0 aromatic rings. The first kappa shape index (κ1) is 13.6. The van der Waals surface area contributed by atoms with Crippen LogP contribution in [0.3, 0.4) is 0 Å². The predicted molar refractivity (Wildman–Crippen MR) is 50.0 cm³/mol. The Hall–Kier alpha value is 0.0499. The van der Waals surface area contributed by atoms with Gasteiger partial charge in [0.25, 0.3) is 0 Å². The quantitative estimate of drug-likeness (QED) is 0.536. The summed E-state index contributed by atoms with van der Waals surface area (Å²) in [6.45, 7) is 8.08. The van der Waals surface area contributed by atoms with Crippen molar-refractivity contribution in [1.82, 2.24) is 0 Å². The van der Waals surface area contributed by atoms with Crippen LogP contribution in [0, 0.1) is 0 Å². The van der Waals surface area contributed by atoms with E-state index < -0.39 is 11.2 Å². The van der Waals surface area contributed by atoms with E-state index in [1.165, 1.54) is 7.17 Å². The number of hydrogen-bond donors (Lipinski definition) is 2. The molecule has 0 aliphatic rings. The van der Waals surface area contributed by atoms with Gasteiger partial charge in [-0.3, -0.25) is 0 Å². The highest BCUT2D eigenvalue weighted by atomic mass is 16.3. The molecule has 0 fully saturated rings. The molecule has 0 spiro atoms. The minimum absolute atomic E-state index is 1.01. The highest BCUT2D eigenvalue weighted by Gasteiger charge is 2.31. The van der Waals surface area contributed by atoms with Gasteiger partial charge in [-0.25, -0.2) is 0 Å². The molecule has 63 valence electrons. The van der Waals surface area contributed by atoms with Gasteiger partial charge >= 0.3 is 0 Å². The predicted octanol–water partition coefficient (Wildman–Crippen LogP) is 0.350. The summed E-state index contributed by atoms with van der Waals surface area (Å²) in [5.74, 6) is 0. The highest BCUT2D eigenvalue weighted by Crippen LogP contribution is 2.19. The van der Waals surface area contributed by atoms with Crippen LogP contribution in [-0.4, -0.2) is 36.3 Å². The van der Waals surface area contributed by atoms with Crippen LogP contribution >= 0.6 is 0 Å². The maximum Gasteiger partial charge on any atom is 0.0872 e. The normalized spacial score (nSPS) is 11.5. The molecule has 0 atom stereocenters. The molecule has 2 nitrogen and oxygen atoms in total. The molecule has 0 aliphatic carbocycles. The summed E-state index contributed by atoms with van der Waals surface area (Å²) in [6, 6.07) is 0. The summed E-state index contributed by atoms with van der Waals surface area (Å²) < 4.78 is 0. The van der Waals surface area contributed by atoms with E-state index >= 15 is 0 Å². The number of aliphatic hydroxyl groups is 2. The van der Waals surface area contributed by atoms with Crippen LogP contribution in [0.5, 0.6) is 0 Å². The van der Waals surface area contributed by atoms with Gasteiger partial charge in [0.15, 0.2) is 0 Å². The molecule has 0 aromatic carbocycles. The first-order chi connectivity index (χ1) is 4.66. The summed E-state index contributed by atoms with van der Waals surface area (Å²) in [5.41, 5.74) is -2.01. The van der Waals surface area contributed by atoms with E-state index in [4.69, 9.17) is 18.0 Å². The van der Waals surface area contributed by atoms with Gasteiger partial charge in [-0.15, -0.1) is 6.82 Å². The van der Waals surface area contributed by atoms with Gasteiger partial charge in [0.05, 0.1) is 18.4 Å². The fraction of sp³-hybridized carbons (Fsp3) is 1.00. The third-order valence-corrected chi connectivity index (χ3v) is 1.50. The Morgan fingerprint density at radius 2 is 1.09 bits per heavy atom. The molecule has 0 saturated heterocycles. The van der Waals surface area contributed by atoms with E-state index in [0.717, 1.165) is 0 Å². The molecule has 2 N–H and O–H groups in total. The topological polar surface area (TPSA) is 40.5 Å². The van der Waals surface area contributed by atoms with Gasteiger partial charge in [0.1, 0.15) is 0 Å². The zero-order chi connectivity index (χ0) is 9.71. The van der Waals surface area contributed by atoms with Gasteiger partial charge < -0.3 is 10.2 Å². The van der Waals surface area contributed by atoms with E-state index in [9.17, 15) is 0 Å². The van der Waals surface area contributed by atoms with Crippen molar-refractivity contribution in [2.24, 2.45) is 0 Å². The molecule has 4 heteroatoms. The summed E-state index contributed by atoms with van der Waals surface area (Å²) in [5, 5.41) is 18.2. The lowest BCUT2D eigenvalue weighted by Gasteiger charge is -2.31. The van der Waals surface area contributed by atoms with Crippen molar-refractivity contribution >= 4 is 14.9 Å². The lowest BCUT2D eigenvalue weighted by Crippen LogP contribution is -2.44. The van der Waals surface area contributed by atoms with Crippen LogP contribution in [0.4, 0.5) is 0 Å². The fourth-order valence-electron chi connectivity index (χ4n) is 0. The third-order valence-electron chi connectivity index (χ3n) is 1.50. The monoisotopic (exact) mass is 155 g/mol. The lowest BCUT2D eigenvalue weighted by molar-refractivity contribution is -0.107. The van der Waals surface area contributed by atoms with E-state index in [1.54, 1.807) is 34.5 Å². The zero-order valence-corrected chi connectivity index (χ0v) is 8.05. The maximum atomic E-state index is 9.10. The molecule has 3 radical (unpaired) electrons. The fourth-order valence-corrected chi connectivity index (χ4v) is 0. The van der Waals surface area contributed by atoms with Crippen LogP contribution in [0.1, 0.15) is 27.7 Å². The molecule has 0 unspecified atom stereocenters. The smallest absolute Gasteiger partial charge is 0.0872 e. The second kappa shape index (κ2) is 4.83. The van der Waals surface area contributed by atoms with Crippen LogP contribution in [0.2, 0.25) is 6.82 Å². The van der Waals surface area contributed by atoms with Gasteiger partial charge in [-0.1, -0.05) is 0 Å². The van der Waals surface area contributed by atoms with Crippen molar-refractivity contribution in [3.8, 4) is 0 Å². The molecule has 0 amide bonds. The second-order valence-electron chi connectivity index (χ2n) is 3.45. The van der Waals surface area contributed by atoms with Crippen LogP contribution in [0.25, 0.3) is 0 Å². The Bertz CT molecular complexity index is 79.6. The second-order valence-corrected chi connectivity index (χ2v) is 3.45. The molecule has 0 saturated carbocycles. The maximum absolute atomic E-state index is 9.10. The molecule has 0 rings (SSSR count). The van der Waals surface area contributed by atoms with Crippen molar-refractivity contribution < 1.29 is 10.2 Å². The third kappa shape index (κ3) is 7.95. The molecule has 0 heterocycles. The Labute approximate surface area is 71.6 Å². The average molecular weight is 155 g/mol. The Morgan fingerprint density at radius 3 is 1.09 bits per heavy atom. The first-order valence-corrected chi connectivity index (χ1v) is 3.61. The highest BCUT2D eigenvalue weighted by molar-refractivity contribution is 6.88. The van der Waals surface area contributed by atoms with Crippen molar-refractivity contribution in [2.45, 2.75) is 45.7 Å².